The standard InChI is InChI=1S/2C9H13.2ClH.Zr/c2*1-3-8(2)9-6-4-5-7-9;;;/h2*4,6,8H,3,5H2,1-2H3;2*1H;. The molecule has 2 rings (SSSR count). The molecule has 0 radical (unpaired) electrons. The Morgan fingerprint density at radius 2 is 1.24 bits per heavy atom. The van der Waals surface area contributed by atoms with E-state index in [1.54, 1.807) is 11.1 Å². The minimum absolute atomic E-state index is 0. The fourth-order valence-electron chi connectivity index (χ4n) is 2.84. The van der Waals surface area contributed by atoms with Gasteiger partial charge in [0, 0.05) is 0 Å². The predicted molar refractivity (Wildman–Crippen MR) is 95.0 cm³/mol. The zero-order valence-corrected chi connectivity index (χ0v) is 17.7. The molecule has 3 heteroatoms. The fraction of sp³-hybridized carbons (Fsp3) is 0.556. The summed E-state index contributed by atoms with van der Waals surface area (Å²) in [6, 6.07) is 0. The van der Waals surface area contributed by atoms with Crippen molar-refractivity contribution in [3.63, 3.8) is 0 Å². The average Bonchev–Trinajstić information content (AvgIpc) is 3.06. The summed E-state index contributed by atoms with van der Waals surface area (Å²) in [5.41, 5.74) is 3.38. The van der Waals surface area contributed by atoms with Gasteiger partial charge in [-0.05, 0) is 0 Å². The molecule has 0 amide bonds. The molecular weight excluding hydrogens is 378 g/mol. The molecule has 0 saturated heterocycles. The van der Waals surface area contributed by atoms with E-state index in [9.17, 15) is 0 Å². The van der Waals surface area contributed by atoms with Crippen LogP contribution in [0.1, 0.15) is 53.4 Å². The van der Waals surface area contributed by atoms with Crippen molar-refractivity contribution in [1.29, 1.82) is 0 Å². The van der Waals surface area contributed by atoms with Crippen molar-refractivity contribution < 1.29 is 23.2 Å². The quantitative estimate of drug-likeness (QED) is 0.477. The monoisotopic (exact) mass is 404 g/mol. The number of halogens is 2. The summed E-state index contributed by atoms with van der Waals surface area (Å²) in [6.45, 7) is 9.41. The van der Waals surface area contributed by atoms with E-state index in [2.05, 4.69) is 52.0 Å². The summed E-state index contributed by atoms with van der Waals surface area (Å²) in [4.78, 5) is 0. The minimum Gasteiger partial charge on any atom is -0.147 e. The maximum atomic E-state index is 2.41. The van der Waals surface area contributed by atoms with Gasteiger partial charge in [0.05, 0.1) is 0 Å². The van der Waals surface area contributed by atoms with Gasteiger partial charge in [-0.15, -0.1) is 24.8 Å². The first-order valence-corrected chi connectivity index (χ1v) is 10.2. The molecule has 0 aromatic rings. The van der Waals surface area contributed by atoms with Crippen LogP contribution in [0.25, 0.3) is 0 Å². The third-order valence-electron chi connectivity index (χ3n) is 4.52. The molecule has 0 aliphatic heterocycles. The maximum absolute atomic E-state index is 2.41. The molecule has 0 spiro atoms. The molecule has 0 N–H and O–H groups in total. The van der Waals surface area contributed by atoms with Crippen molar-refractivity contribution in [1.82, 2.24) is 0 Å². The van der Waals surface area contributed by atoms with E-state index in [1.165, 1.54) is 25.7 Å². The molecule has 2 aliphatic rings. The smallest absolute Gasteiger partial charge is 0.147 e. The van der Waals surface area contributed by atoms with Gasteiger partial charge in [-0.25, -0.2) is 0 Å². The van der Waals surface area contributed by atoms with E-state index in [-0.39, 0.29) is 24.8 Å². The van der Waals surface area contributed by atoms with Gasteiger partial charge < -0.3 is 0 Å². The van der Waals surface area contributed by atoms with Crippen molar-refractivity contribution in [2.75, 3.05) is 0 Å². The van der Waals surface area contributed by atoms with Gasteiger partial charge in [0.1, 0.15) is 0 Å². The third-order valence-corrected chi connectivity index (χ3v) is 8.43. The van der Waals surface area contributed by atoms with Gasteiger partial charge in [0.15, 0.2) is 0 Å². The van der Waals surface area contributed by atoms with Gasteiger partial charge >= 0.3 is 130 Å². The molecule has 2 atom stereocenters. The first-order chi connectivity index (χ1) is 9.17. The number of rotatable bonds is 6. The Morgan fingerprint density at radius 3 is 1.57 bits per heavy atom. The average molecular weight is 407 g/mol. The second-order valence-corrected chi connectivity index (χ2v) is 9.41. The second-order valence-electron chi connectivity index (χ2n) is 5.82. The Labute approximate surface area is 154 Å². The number of hydrogen-bond acceptors (Lipinski definition) is 0. The molecular formula is C18H28Cl2Zr. The van der Waals surface area contributed by atoms with E-state index >= 15 is 0 Å². The zero-order chi connectivity index (χ0) is 13.8. The van der Waals surface area contributed by atoms with Crippen LogP contribution in [0.5, 0.6) is 0 Å². The van der Waals surface area contributed by atoms with Crippen molar-refractivity contribution in [2.45, 2.75) is 53.4 Å². The number of allylic oxidation sites excluding steroid dienone is 8. The maximum Gasteiger partial charge on any atom is -0.147 e. The SMILES string of the molecule is CCC(C)C1=[C]([Zr][C]2=C(C(C)CC)C=CC2)CC=C1.Cl.Cl. The molecule has 21 heavy (non-hydrogen) atoms. The molecule has 0 fully saturated rings. The van der Waals surface area contributed by atoms with Crippen LogP contribution in [-0.2, 0) is 23.2 Å². The topological polar surface area (TPSA) is 0 Å². The van der Waals surface area contributed by atoms with Crippen molar-refractivity contribution in [2.24, 2.45) is 11.8 Å². The van der Waals surface area contributed by atoms with Crippen molar-refractivity contribution in [3.8, 4) is 0 Å². The van der Waals surface area contributed by atoms with Crippen LogP contribution in [0, 0.1) is 11.8 Å². The summed E-state index contributed by atoms with van der Waals surface area (Å²) in [7, 11) is 0. The van der Waals surface area contributed by atoms with Crippen molar-refractivity contribution in [3.05, 3.63) is 42.0 Å². The first kappa shape index (κ1) is 21.4. The van der Waals surface area contributed by atoms with Gasteiger partial charge in [0.2, 0.25) is 0 Å². The molecule has 0 nitrogen and oxygen atoms in total. The Balaban J connectivity index is 0.00000200. The van der Waals surface area contributed by atoms with Gasteiger partial charge in [-0.3, -0.25) is 0 Å². The molecule has 2 aliphatic carbocycles. The molecule has 0 aromatic heterocycles. The Kier molecular flexibility index (Phi) is 10.5. The van der Waals surface area contributed by atoms with Crippen LogP contribution in [-0.4, -0.2) is 0 Å². The van der Waals surface area contributed by atoms with Gasteiger partial charge in [-0.1, -0.05) is 0 Å². The molecule has 0 heterocycles. The van der Waals surface area contributed by atoms with E-state index < -0.39 is 23.2 Å². The van der Waals surface area contributed by atoms with Crippen LogP contribution in [0.15, 0.2) is 42.0 Å². The van der Waals surface area contributed by atoms with Gasteiger partial charge in [0.25, 0.3) is 0 Å². The van der Waals surface area contributed by atoms with E-state index in [4.69, 9.17) is 0 Å². The summed E-state index contributed by atoms with van der Waals surface area (Å²) >= 11 is -0.516. The third kappa shape index (κ3) is 5.23. The largest absolute Gasteiger partial charge is 0.147 e. The molecule has 118 valence electrons. The van der Waals surface area contributed by atoms with Crippen LogP contribution >= 0.6 is 24.8 Å². The second kappa shape index (κ2) is 10.2. The predicted octanol–water partition coefficient (Wildman–Crippen LogP) is 6.43. The van der Waals surface area contributed by atoms with Crippen LogP contribution in [0.3, 0.4) is 0 Å². The minimum atomic E-state index is -0.516. The summed E-state index contributed by atoms with van der Waals surface area (Å²) in [5.74, 6) is 1.52. The Bertz CT molecular complexity index is 416. The molecule has 2 unspecified atom stereocenters. The Morgan fingerprint density at radius 1 is 0.857 bits per heavy atom. The fourth-order valence-corrected chi connectivity index (χ4v) is 7.14. The van der Waals surface area contributed by atoms with Crippen LogP contribution < -0.4 is 0 Å². The zero-order valence-electron chi connectivity index (χ0n) is 13.6. The van der Waals surface area contributed by atoms with Crippen molar-refractivity contribution >= 4 is 24.8 Å². The molecule has 0 aromatic carbocycles. The van der Waals surface area contributed by atoms with E-state index in [1.807, 2.05) is 6.56 Å². The first-order valence-electron chi connectivity index (χ1n) is 7.73. The normalized spacial score (nSPS) is 19.4. The summed E-state index contributed by atoms with van der Waals surface area (Å²) in [5, 5.41) is 0. The number of hydrogen-bond donors (Lipinski definition) is 0. The van der Waals surface area contributed by atoms with E-state index in [0.29, 0.717) is 0 Å². The van der Waals surface area contributed by atoms with E-state index in [0.717, 1.165) is 11.8 Å². The van der Waals surface area contributed by atoms with Crippen LogP contribution in [0.2, 0.25) is 0 Å². The van der Waals surface area contributed by atoms with Crippen LogP contribution in [0.4, 0.5) is 0 Å². The van der Waals surface area contributed by atoms with Gasteiger partial charge in [-0.2, -0.15) is 0 Å². The molecule has 0 saturated carbocycles. The molecule has 0 bridgehead atoms. The summed E-state index contributed by atoms with van der Waals surface area (Å²) < 4.78 is 3.69. The Hall–Kier alpha value is 0.423. The summed E-state index contributed by atoms with van der Waals surface area (Å²) in [6.07, 6.45) is 14.7.